The van der Waals surface area contributed by atoms with E-state index < -0.39 is 6.10 Å². The van der Waals surface area contributed by atoms with Gasteiger partial charge in [0.15, 0.2) is 17.6 Å². The average Bonchev–Trinajstić information content (AvgIpc) is 2.46. The highest BCUT2D eigenvalue weighted by Gasteiger charge is 2.16. The van der Waals surface area contributed by atoms with Gasteiger partial charge >= 0.3 is 0 Å². The third kappa shape index (κ3) is 4.74. The van der Waals surface area contributed by atoms with E-state index in [4.69, 9.17) is 15.2 Å². The van der Waals surface area contributed by atoms with E-state index in [9.17, 15) is 4.79 Å². The molecule has 0 spiro atoms. The third-order valence-electron chi connectivity index (χ3n) is 2.88. The van der Waals surface area contributed by atoms with Gasteiger partial charge in [-0.15, -0.1) is 0 Å². The molecule has 1 aromatic carbocycles. The van der Waals surface area contributed by atoms with Crippen LogP contribution in [0.25, 0.3) is 0 Å². The first-order valence-corrected chi connectivity index (χ1v) is 6.93. The summed E-state index contributed by atoms with van der Waals surface area (Å²) < 4.78 is 11.0. The Hall–Kier alpha value is -1.75. The molecule has 1 atom stereocenters. The van der Waals surface area contributed by atoms with Crippen molar-refractivity contribution in [2.24, 2.45) is 5.73 Å². The number of rotatable bonds is 8. The van der Waals surface area contributed by atoms with Crippen LogP contribution >= 0.6 is 0 Å². The van der Waals surface area contributed by atoms with Gasteiger partial charge in [-0.1, -0.05) is 13.0 Å². The molecule has 20 heavy (non-hydrogen) atoms. The highest BCUT2D eigenvalue weighted by molar-refractivity contribution is 5.80. The zero-order chi connectivity index (χ0) is 15.0. The Balaban J connectivity index is 2.73. The maximum atomic E-state index is 11.8. The maximum absolute atomic E-state index is 11.8. The summed E-state index contributed by atoms with van der Waals surface area (Å²) in [7, 11) is 1.58. The SMILES string of the molecule is CCCNC(=O)C(C)Oc1ccc(CCN)cc1OC. The highest BCUT2D eigenvalue weighted by Crippen LogP contribution is 2.29. The summed E-state index contributed by atoms with van der Waals surface area (Å²) >= 11 is 0. The van der Waals surface area contributed by atoms with Crippen LogP contribution in [0.5, 0.6) is 11.5 Å². The lowest BCUT2D eigenvalue weighted by atomic mass is 10.1. The van der Waals surface area contributed by atoms with Gasteiger partial charge in [-0.25, -0.2) is 0 Å². The molecule has 1 rings (SSSR count). The molecule has 5 nitrogen and oxygen atoms in total. The van der Waals surface area contributed by atoms with Gasteiger partial charge in [0.2, 0.25) is 0 Å². The van der Waals surface area contributed by atoms with Crippen molar-refractivity contribution in [3.05, 3.63) is 23.8 Å². The van der Waals surface area contributed by atoms with Gasteiger partial charge in [-0.2, -0.15) is 0 Å². The van der Waals surface area contributed by atoms with Crippen LogP contribution in [0.15, 0.2) is 18.2 Å². The van der Waals surface area contributed by atoms with Crippen LogP contribution in [0.3, 0.4) is 0 Å². The van der Waals surface area contributed by atoms with E-state index in [1.807, 2.05) is 25.1 Å². The minimum atomic E-state index is -0.559. The fourth-order valence-corrected chi connectivity index (χ4v) is 1.77. The quantitative estimate of drug-likeness (QED) is 0.756. The molecule has 0 radical (unpaired) electrons. The van der Waals surface area contributed by atoms with Crippen molar-refractivity contribution in [2.45, 2.75) is 32.8 Å². The molecule has 0 aliphatic carbocycles. The molecular formula is C15H24N2O3. The van der Waals surface area contributed by atoms with Crippen LogP contribution in [-0.2, 0) is 11.2 Å². The smallest absolute Gasteiger partial charge is 0.260 e. The molecule has 0 aromatic heterocycles. The first kappa shape index (κ1) is 16.3. The maximum Gasteiger partial charge on any atom is 0.260 e. The van der Waals surface area contributed by atoms with Gasteiger partial charge in [-0.3, -0.25) is 4.79 Å². The van der Waals surface area contributed by atoms with Crippen molar-refractivity contribution in [1.29, 1.82) is 0 Å². The number of carbonyl (C=O) groups excluding carboxylic acids is 1. The molecule has 0 bridgehead atoms. The summed E-state index contributed by atoms with van der Waals surface area (Å²) in [6, 6.07) is 5.63. The Morgan fingerprint density at radius 2 is 2.15 bits per heavy atom. The number of methoxy groups -OCH3 is 1. The predicted octanol–water partition coefficient (Wildman–Crippen LogP) is 1.49. The Labute approximate surface area is 120 Å². The Kier molecular flexibility index (Phi) is 6.87. The van der Waals surface area contributed by atoms with Gasteiger partial charge in [0.1, 0.15) is 0 Å². The largest absolute Gasteiger partial charge is 0.493 e. The van der Waals surface area contributed by atoms with Crippen LogP contribution in [0, 0.1) is 0 Å². The fourth-order valence-electron chi connectivity index (χ4n) is 1.77. The van der Waals surface area contributed by atoms with Crippen molar-refractivity contribution < 1.29 is 14.3 Å². The van der Waals surface area contributed by atoms with E-state index in [1.165, 1.54) is 0 Å². The second-order valence-corrected chi connectivity index (χ2v) is 4.57. The number of nitrogens with two attached hydrogens (primary N) is 1. The van der Waals surface area contributed by atoms with Crippen LogP contribution in [-0.4, -0.2) is 32.2 Å². The van der Waals surface area contributed by atoms with Crippen molar-refractivity contribution in [3.63, 3.8) is 0 Å². The van der Waals surface area contributed by atoms with Crippen LogP contribution in [0.4, 0.5) is 0 Å². The van der Waals surface area contributed by atoms with Gasteiger partial charge in [0, 0.05) is 6.54 Å². The van der Waals surface area contributed by atoms with Gasteiger partial charge in [-0.05, 0) is 44.0 Å². The molecule has 1 unspecified atom stereocenters. The monoisotopic (exact) mass is 280 g/mol. The number of amides is 1. The summed E-state index contributed by atoms with van der Waals surface area (Å²) in [4.78, 5) is 11.8. The minimum Gasteiger partial charge on any atom is -0.493 e. The van der Waals surface area contributed by atoms with E-state index in [1.54, 1.807) is 14.0 Å². The van der Waals surface area contributed by atoms with E-state index in [0.29, 0.717) is 24.6 Å². The Morgan fingerprint density at radius 1 is 1.40 bits per heavy atom. The number of carbonyl (C=O) groups is 1. The van der Waals surface area contributed by atoms with Gasteiger partial charge in [0.05, 0.1) is 7.11 Å². The molecule has 0 saturated carbocycles. The normalized spacial score (nSPS) is 11.8. The molecule has 0 saturated heterocycles. The summed E-state index contributed by atoms with van der Waals surface area (Å²) in [5, 5.41) is 2.80. The Morgan fingerprint density at radius 3 is 2.75 bits per heavy atom. The molecule has 0 fully saturated rings. The topological polar surface area (TPSA) is 73.6 Å². The second-order valence-electron chi connectivity index (χ2n) is 4.57. The first-order valence-electron chi connectivity index (χ1n) is 6.93. The fraction of sp³-hybridized carbons (Fsp3) is 0.533. The Bertz CT molecular complexity index is 435. The summed E-state index contributed by atoms with van der Waals surface area (Å²) in [6.45, 7) is 4.96. The van der Waals surface area contributed by atoms with Crippen LogP contribution < -0.4 is 20.5 Å². The molecule has 0 aliphatic rings. The number of hydrogen-bond donors (Lipinski definition) is 2. The van der Waals surface area contributed by atoms with Crippen LogP contribution in [0.1, 0.15) is 25.8 Å². The van der Waals surface area contributed by atoms with Crippen molar-refractivity contribution in [1.82, 2.24) is 5.32 Å². The second kappa shape index (κ2) is 8.43. The van der Waals surface area contributed by atoms with E-state index in [0.717, 1.165) is 18.4 Å². The molecule has 3 N–H and O–H groups in total. The summed E-state index contributed by atoms with van der Waals surface area (Å²) in [5.74, 6) is 1.05. The molecular weight excluding hydrogens is 256 g/mol. The zero-order valence-corrected chi connectivity index (χ0v) is 12.4. The zero-order valence-electron chi connectivity index (χ0n) is 12.4. The van der Waals surface area contributed by atoms with Gasteiger partial charge < -0.3 is 20.5 Å². The van der Waals surface area contributed by atoms with E-state index in [2.05, 4.69) is 5.32 Å². The lowest BCUT2D eigenvalue weighted by Gasteiger charge is -2.17. The number of ether oxygens (including phenoxy) is 2. The third-order valence-corrected chi connectivity index (χ3v) is 2.88. The molecule has 1 amide bonds. The number of hydrogen-bond acceptors (Lipinski definition) is 4. The van der Waals surface area contributed by atoms with Crippen molar-refractivity contribution >= 4 is 5.91 Å². The summed E-state index contributed by atoms with van der Waals surface area (Å²) in [6.07, 6.45) is 1.12. The minimum absolute atomic E-state index is 0.125. The molecule has 5 heteroatoms. The number of benzene rings is 1. The van der Waals surface area contributed by atoms with E-state index >= 15 is 0 Å². The van der Waals surface area contributed by atoms with E-state index in [-0.39, 0.29) is 5.91 Å². The predicted molar refractivity (Wildman–Crippen MR) is 79.1 cm³/mol. The number of nitrogens with one attached hydrogen (secondary N) is 1. The molecule has 1 aromatic rings. The average molecular weight is 280 g/mol. The lowest BCUT2D eigenvalue weighted by molar-refractivity contribution is -0.127. The molecule has 112 valence electrons. The van der Waals surface area contributed by atoms with Gasteiger partial charge in [0.25, 0.3) is 5.91 Å². The van der Waals surface area contributed by atoms with Crippen molar-refractivity contribution in [2.75, 3.05) is 20.2 Å². The molecule has 0 aliphatic heterocycles. The lowest BCUT2D eigenvalue weighted by Crippen LogP contribution is -2.36. The van der Waals surface area contributed by atoms with Crippen molar-refractivity contribution in [3.8, 4) is 11.5 Å². The molecule has 0 heterocycles. The highest BCUT2D eigenvalue weighted by atomic mass is 16.5. The first-order chi connectivity index (χ1) is 9.62. The summed E-state index contributed by atoms with van der Waals surface area (Å²) in [5.41, 5.74) is 6.62. The standard InChI is InChI=1S/C15H24N2O3/c1-4-9-17-15(18)11(2)20-13-6-5-12(7-8-16)10-14(13)19-3/h5-6,10-11H,4,7-9,16H2,1-3H3,(H,17,18). The van der Waals surface area contributed by atoms with Crippen LogP contribution in [0.2, 0.25) is 0 Å².